The molecule has 0 spiro atoms. The first-order valence-electron chi connectivity index (χ1n) is 25.1. The molecule has 1 heterocycles. The van der Waals surface area contributed by atoms with Crippen LogP contribution in [0.15, 0.2) is 265 Å². The fraction of sp³-hybridized carbons (Fsp3) is 0.0571. The van der Waals surface area contributed by atoms with Crippen LogP contribution in [-0.2, 0) is 10.8 Å². The molecule has 0 saturated carbocycles. The first-order chi connectivity index (χ1) is 35.4. The number of hydrogen-bond donors (Lipinski definition) is 0. The minimum atomic E-state index is -0.508. The number of hydrogen-bond acceptors (Lipinski definition) is 2. The molecule has 340 valence electrons. The van der Waals surface area contributed by atoms with Crippen molar-refractivity contribution in [3.63, 3.8) is 0 Å². The molecule has 1 aromatic heterocycles. The Labute approximate surface area is 420 Å². The lowest BCUT2D eigenvalue weighted by Gasteiger charge is -2.34. The summed E-state index contributed by atoms with van der Waals surface area (Å²) in [6.45, 7) is 4.74. The van der Waals surface area contributed by atoms with Crippen LogP contribution in [0, 0.1) is 0 Å². The summed E-state index contributed by atoms with van der Waals surface area (Å²) < 4.78 is 6.57. The van der Waals surface area contributed by atoms with Gasteiger partial charge in [0.05, 0.1) is 5.41 Å². The van der Waals surface area contributed by atoms with Crippen molar-refractivity contribution >= 4 is 39.0 Å². The Morgan fingerprint density at radius 1 is 0.306 bits per heavy atom. The molecular formula is C70H49NO. The molecule has 12 aromatic rings. The monoisotopic (exact) mass is 919 g/mol. The summed E-state index contributed by atoms with van der Waals surface area (Å²) in [6, 6.07) is 96.0. The molecule has 1 atom stereocenters. The standard InChI is InChI=1S/C70H49NO/c1-69(2)62-30-15-13-29-59(62)68-60(48-21-8-4-9-22-48)43-55(44-65(68)69)71(54-38-39-58-57-28-14-17-32-66(57)72-67(58)45-54)53-36-33-47(34-37-53)50-35-40-64-61(42-50)56-27-12-16-31-63(56)70(64,51-24-10-5-11-25-51)52-26-18-23-49(41-52)46-19-6-3-7-20-46/h3-45H,1-2H3. The topological polar surface area (TPSA) is 16.4 Å². The summed E-state index contributed by atoms with van der Waals surface area (Å²) in [7, 11) is 0. The average molecular weight is 920 g/mol. The van der Waals surface area contributed by atoms with Crippen LogP contribution in [-0.4, -0.2) is 0 Å². The highest BCUT2D eigenvalue weighted by Crippen LogP contribution is 2.58. The predicted octanol–water partition coefficient (Wildman–Crippen LogP) is 18.7. The summed E-state index contributed by atoms with van der Waals surface area (Å²) in [4.78, 5) is 2.42. The Kier molecular flexibility index (Phi) is 9.50. The van der Waals surface area contributed by atoms with Crippen LogP contribution in [0.25, 0.3) is 77.6 Å². The van der Waals surface area contributed by atoms with E-state index in [1.54, 1.807) is 0 Å². The van der Waals surface area contributed by atoms with Gasteiger partial charge >= 0.3 is 0 Å². The molecular weight excluding hydrogens is 871 g/mol. The summed E-state index contributed by atoms with van der Waals surface area (Å²) in [5, 5.41) is 2.23. The van der Waals surface area contributed by atoms with Crippen molar-refractivity contribution in [3.05, 3.63) is 294 Å². The molecule has 0 aliphatic heterocycles. The molecule has 14 rings (SSSR count). The summed E-state index contributed by atoms with van der Waals surface area (Å²) in [5.41, 5.74) is 24.3. The third kappa shape index (κ3) is 6.35. The zero-order valence-corrected chi connectivity index (χ0v) is 40.2. The second kappa shape index (κ2) is 16.3. The van der Waals surface area contributed by atoms with E-state index in [4.69, 9.17) is 4.42 Å². The molecule has 2 aliphatic rings. The van der Waals surface area contributed by atoms with Gasteiger partial charge in [0.1, 0.15) is 11.2 Å². The van der Waals surface area contributed by atoms with Crippen molar-refractivity contribution in [1.29, 1.82) is 0 Å². The maximum Gasteiger partial charge on any atom is 0.137 e. The zero-order valence-electron chi connectivity index (χ0n) is 40.2. The molecule has 0 saturated heterocycles. The summed E-state index contributed by atoms with van der Waals surface area (Å²) in [6.07, 6.45) is 0. The van der Waals surface area contributed by atoms with E-state index >= 15 is 0 Å². The second-order valence-electron chi connectivity index (χ2n) is 20.0. The van der Waals surface area contributed by atoms with Crippen molar-refractivity contribution in [3.8, 4) is 55.6 Å². The van der Waals surface area contributed by atoms with Crippen molar-refractivity contribution in [2.45, 2.75) is 24.7 Å². The summed E-state index contributed by atoms with van der Waals surface area (Å²) >= 11 is 0. The van der Waals surface area contributed by atoms with E-state index in [0.717, 1.165) is 44.6 Å². The molecule has 0 radical (unpaired) electrons. The van der Waals surface area contributed by atoms with E-state index in [1.807, 2.05) is 6.07 Å². The maximum absolute atomic E-state index is 6.57. The third-order valence-corrected chi connectivity index (χ3v) is 15.7. The number of nitrogens with zero attached hydrogens (tertiary/aromatic N) is 1. The molecule has 11 aromatic carbocycles. The van der Waals surface area contributed by atoms with Crippen molar-refractivity contribution < 1.29 is 4.42 Å². The van der Waals surface area contributed by atoms with Crippen LogP contribution < -0.4 is 4.90 Å². The number of fused-ring (bicyclic) bond motifs is 9. The highest BCUT2D eigenvalue weighted by atomic mass is 16.3. The van der Waals surface area contributed by atoms with Gasteiger partial charge in [-0.25, -0.2) is 0 Å². The first kappa shape index (κ1) is 41.9. The lowest BCUT2D eigenvalue weighted by Crippen LogP contribution is -2.28. The summed E-state index contributed by atoms with van der Waals surface area (Å²) in [5.74, 6) is 0. The van der Waals surface area contributed by atoms with Gasteiger partial charge in [0.2, 0.25) is 0 Å². The van der Waals surface area contributed by atoms with Crippen LogP contribution in [0.4, 0.5) is 17.1 Å². The van der Waals surface area contributed by atoms with Gasteiger partial charge < -0.3 is 9.32 Å². The highest BCUT2D eigenvalue weighted by molar-refractivity contribution is 6.06. The minimum absolute atomic E-state index is 0.210. The van der Waals surface area contributed by atoms with E-state index in [9.17, 15) is 0 Å². The van der Waals surface area contributed by atoms with E-state index < -0.39 is 5.41 Å². The molecule has 0 bridgehead atoms. The second-order valence-corrected chi connectivity index (χ2v) is 20.0. The van der Waals surface area contributed by atoms with E-state index in [2.05, 4.69) is 274 Å². The van der Waals surface area contributed by atoms with Gasteiger partial charge in [0.25, 0.3) is 0 Å². The third-order valence-electron chi connectivity index (χ3n) is 15.7. The van der Waals surface area contributed by atoms with E-state index in [0.29, 0.717) is 0 Å². The van der Waals surface area contributed by atoms with Crippen molar-refractivity contribution in [2.24, 2.45) is 0 Å². The maximum atomic E-state index is 6.57. The van der Waals surface area contributed by atoms with Crippen LogP contribution >= 0.6 is 0 Å². The molecule has 0 amide bonds. The van der Waals surface area contributed by atoms with Crippen molar-refractivity contribution in [2.75, 3.05) is 4.90 Å². The first-order valence-corrected chi connectivity index (χ1v) is 25.1. The Bertz CT molecular complexity index is 4050. The van der Waals surface area contributed by atoms with E-state index in [1.165, 1.54) is 83.5 Å². The molecule has 0 fully saturated rings. The number of benzene rings is 11. The van der Waals surface area contributed by atoms with Gasteiger partial charge in [0, 0.05) is 39.3 Å². The Balaban J connectivity index is 0.928. The molecule has 2 aliphatic carbocycles. The van der Waals surface area contributed by atoms with Gasteiger partial charge in [0.15, 0.2) is 0 Å². The fourth-order valence-corrected chi connectivity index (χ4v) is 12.4. The van der Waals surface area contributed by atoms with E-state index in [-0.39, 0.29) is 5.41 Å². The predicted molar refractivity (Wildman–Crippen MR) is 300 cm³/mol. The normalized spacial score (nSPS) is 15.0. The average Bonchev–Trinajstić information content (AvgIpc) is 4.05. The molecule has 0 N–H and O–H groups in total. The highest BCUT2D eigenvalue weighted by Gasteiger charge is 2.46. The SMILES string of the molecule is CC1(C)c2ccccc2-c2c(-c3ccccc3)cc(N(c3ccc(-c4ccc5c(c4)-c4ccccc4C5(c4ccccc4)c4cccc(-c5ccccc5)c4)cc3)c3ccc4c(c3)oc3ccccc34)cc21. The lowest BCUT2D eigenvalue weighted by atomic mass is 9.67. The lowest BCUT2D eigenvalue weighted by molar-refractivity contribution is 0.660. The van der Waals surface area contributed by atoms with Gasteiger partial charge in [-0.15, -0.1) is 0 Å². The quantitative estimate of drug-likeness (QED) is 0.151. The van der Waals surface area contributed by atoms with Crippen LogP contribution in [0.2, 0.25) is 0 Å². The number of rotatable bonds is 8. The fourth-order valence-electron chi connectivity index (χ4n) is 12.4. The Hall–Kier alpha value is -8.98. The van der Waals surface area contributed by atoms with Crippen LogP contribution in [0.1, 0.15) is 47.2 Å². The van der Waals surface area contributed by atoms with Crippen molar-refractivity contribution in [1.82, 2.24) is 0 Å². The number of anilines is 3. The van der Waals surface area contributed by atoms with Gasteiger partial charge in [-0.2, -0.15) is 0 Å². The molecule has 72 heavy (non-hydrogen) atoms. The largest absolute Gasteiger partial charge is 0.456 e. The number of furan rings is 1. The molecule has 1 unspecified atom stereocenters. The Morgan fingerprint density at radius 3 is 1.67 bits per heavy atom. The molecule has 2 heteroatoms. The Morgan fingerprint density at radius 2 is 0.875 bits per heavy atom. The van der Waals surface area contributed by atoms with Gasteiger partial charge in [-0.05, 0) is 144 Å². The molecule has 2 nitrogen and oxygen atoms in total. The zero-order chi connectivity index (χ0) is 48.0. The smallest absolute Gasteiger partial charge is 0.137 e. The van der Waals surface area contributed by atoms with Crippen LogP contribution in [0.5, 0.6) is 0 Å². The minimum Gasteiger partial charge on any atom is -0.456 e. The van der Waals surface area contributed by atoms with Gasteiger partial charge in [-0.1, -0.05) is 214 Å². The number of para-hydroxylation sites is 1. The van der Waals surface area contributed by atoms with Crippen LogP contribution in [0.3, 0.4) is 0 Å². The van der Waals surface area contributed by atoms with Gasteiger partial charge in [-0.3, -0.25) is 0 Å².